The molecule has 0 unspecified atom stereocenters. The third kappa shape index (κ3) is 3.63. The van der Waals surface area contributed by atoms with E-state index in [2.05, 4.69) is 15.3 Å². The van der Waals surface area contributed by atoms with Gasteiger partial charge < -0.3 is 20.5 Å². The lowest BCUT2D eigenvalue weighted by Crippen LogP contribution is -2.15. The summed E-state index contributed by atoms with van der Waals surface area (Å²) < 4.78 is 51.6. The fraction of sp³-hybridized carbons (Fsp3) is 0.200. The van der Waals surface area contributed by atoms with Gasteiger partial charge in [-0.2, -0.15) is 18.2 Å². The van der Waals surface area contributed by atoms with E-state index in [-0.39, 0.29) is 24.0 Å². The number of aryl methyl sites for hydroxylation is 2. The fourth-order valence-corrected chi connectivity index (χ4v) is 3.01. The lowest BCUT2D eigenvalue weighted by Gasteiger charge is -2.16. The Morgan fingerprint density at radius 1 is 0.966 bits per heavy atom. The van der Waals surface area contributed by atoms with Gasteiger partial charge in [0.15, 0.2) is 11.5 Å². The van der Waals surface area contributed by atoms with E-state index in [0.717, 1.165) is 11.1 Å². The molecule has 2 heterocycles. The number of halogens is 3. The summed E-state index contributed by atoms with van der Waals surface area (Å²) in [7, 11) is 0. The maximum Gasteiger partial charge on any atom is 0.422 e. The summed E-state index contributed by atoms with van der Waals surface area (Å²) in [5, 5.41) is 2.93. The maximum atomic E-state index is 13.7. The lowest BCUT2D eigenvalue weighted by atomic mass is 10.1. The second kappa shape index (κ2) is 6.84. The van der Waals surface area contributed by atoms with Crippen LogP contribution in [-0.2, 0) is 6.18 Å². The highest BCUT2D eigenvalue weighted by molar-refractivity contribution is 5.73. The highest BCUT2D eigenvalue weighted by Crippen LogP contribution is 2.42. The molecule has 0 radical (unpaired) electrons. The molecule has 150 valence electrons. The highest BCUT2D eigenvalue weighted by Gasteiger charge is 2.38. The van der Waals surface area contributed by atoms with E-state index >= 15 is 0 Å². The Morgan fingerprint density at radius 3 is 2.45 bits per heavy atom. The van der Waals surface area contributed by atoms with Crippen molar-refractivity contribution in [3.63, 3.8) is 0 Å². The molecule has 1 aliphatic heterocycles. The van der Waals surface area contributed by atoms with Gasteiger partial charge in [0.05, 0.1) is 5.69 Å². The number of nitrogens with zero attached hydrogens (tertiary/aromatic N) is 2. The van der Waals surface area contributed by atoms with Crippen molar-refractivity contribution in [2.45, 2.75) is 20.0 Å². The van der Waals surface area contributed by atoms with E-state index < -0.39 is 17.6 Å². The van der Waals surface area contributed by atoms with Gasteiger partial charge in [0, 0.05) is 11.3 Å². The van der Waals surface area contributed by atoms with Gasteiger partial charge in [-0.1, -0.05) is 6.07 Å². The minimum absolute atomic E-state index is 0.0103. The average Bonchev–Trinajstić information content (AvgIpc) is 3.11. The number of nitrogen functional groups attached to an aromatic ring is 1. The van der Waals surface area contributed by atoms with E-state index in [0.29, 0.717) is 17.2 Å². The molecule has 1 aromatic heterocycles. The van der Waals surface area contributed by atoms with Crippen LogP contribution in [0.4, 0.5) is 30.6 Å². The molecular formula is C20H17F3N4O2. The van der Waals surface area contributed by atoms with Crippen LogP contribution < -0.4 is 20.5 Å². The van der Waals surface area contributed by atoms with Gasteiger partial charge in [-0.05, 0) is 55.3 Å². The van der Waals surface area contributed by atoms with Gasteiger partial charge >= 0.3 is 6.18 Å². The zero-order chi connectivity index (χ0) is 20.8. The number of nitrogens with two attached hydrogens (primary N) is 1. The highest BCUT2D eigenvalue weighted by atomic mass is 19.4. The summed E-state index contributed by atoms with van der Waals surface area (Å²) in [5.41, 5.74) is 7.21. The maximum absolute atomic E-state index is 13.7. The van der Waals surface area contributed by atoms with Crippen molar-refractivity contribution in [3.8, 4) is 22.8 Å². The zero-order valence-electron chi connectivity index (χ0n) is 15.6. The summed E-state index contributed by atoms with van der Waals surface area (Å²) >= 11 is 0. The normalized spacial score (nSPS) is 12.9. The molecule has 0 spiro atoms. The van der Waals surface area contributed by atoms with Crippen molar-refractivity contribution in [1.29, 1.82) is 0 Å². The molecule has 1 aliphatic rings. The number of alkyl halides is 3. The van der Waals surface area contributed by atoms with Crippen LogP contribution in [0.5, 0.6) is 11.5 Å². The molecule has 0 bridgehead atoms. The summed E-state index contributed by atoms with van der Waals surface area (Å²) in [6, 6.07) is 9.99. The number of nitrogens with one attached hydrogen (secondary N) is 1. The molecule has 0 saturated carbocycles. The molecular weight excluding hydrogens is 385 g/mol. The largest absolute Gasteiger partial charge is 0.454 e. The first-order valence-corrected chi connectivity index (χ1v) is 8.71. The molecule has 0 saturated heterocycles. The molecule has 29 heavy (non-hydrogen) atoms. The standard InChI is InChI=1S/C20H17F3N4O2/c1-10-3-5-13(7-11(10)2)25-19-26-17(16(18(24)27-19)20(21,22)23)12-4-6-14-15(8-12)29-9-28-14/h3-8H,9H2,1-2H3,(H3,24,25,26,27). The lowest BCUT2D eigenvalue weighted by molar-refractivity contribution is -0.136. The van der Waals surface area contributed by atoms with Gasteiger partial charge in [0.1, 0.15) is 11.4 Å². The van der Waals surface area contributed by atoms with E-state index in [1.807, 2.05) is 26.0 Å². The third-order valence-electron chi connectivity index (χ3n) is 4.63. The Balaban J connectivity index is 1.82. The van der Waals surface area contributed by atoms with Crippen molar-refractivity contribution < 1.29 is 22.6 Å². The van der Waals surface area contributed by atoms with Gasteiger partial charge in [-0.15, -0.1) is 0 Å². The predicted octanol–water partition coefficient (Wildman–Crippen LogP) is 4.83. The molecule has 4 rings (SSSR count). The Hall–Kier alpha value is -3.49. The van der Waals surface area contributed by atoms with Crippen molar-refractivity contribution in [2.75, 3.05) is 17.8 Å². The topological polar surface area (TPSA) is 82.3 Å². The number of hydrogen-bond acceptors (Lipinski definition) is 6. The van der Waals surface area contributed by atoms with Gasteiger partial charge in [-0.3, -0.25) is 0 Å². The number of hydrogen-bond donors (Lipinski definition) is 2. The van der Waals surface area contributed by atoms with Crippen LogP contribution in [0.25, 0.3) is 11.3 Å². The first-order valence-electron chi connectivity index (χ1n) is 8.71. The van der Waals surface area contributed by atoms with Crippen LogP contribution in [0.2, 0.25) is 0 Å². The first-order chi connectivity index (χ1) is 13.7. The second-order valence-corrected chi connectivity index (χ2v) is 6.65. The number of ether oxygens (including phenoxy) is 2. The van der Waals surface area contributed by atoms with Crippen LogP contribution in [0.1, 0.15) is 16.7 Å². The molecule has 0 amide bonds. The van der Waals surface area contributed by atoms with E-state index in [1.54, 1.807) is 6.07 Å². The smallest absolute Gasteiger partial charge is 0.422 e. The average molecular weight is 402 g/mol. The molecule has 6 nitrogen and oxygen atoms in total. The quantitative estimate of drug-likeness (QED) is 0.653. The van der Waals surface area contributed by atoms with Crippen LogP contribution in [0.3, 0.4) is 0 Å². The number of aromatic nitrogens is 2. The SMILES string of the molecule is Cc1ccc(Nc2nc(N)c(C(F)(F)F)c(-c3ccc4c(c3)OCO4)n2)cc1C. The minimum atomic E-state index is -4.73. The minimum Gasteiger partial charge on any atom is -0.454 e. The molecule has 3 N–H and O–H groups in total. The van der Waals surface area contributed by atoms with Crippen molar-refractivity contribution >= 4 is 17.5 Å². The van der Waals surface area contributed by atoms with Crippen LogP contribution in [0, 0.1) is 13.8 Å². The summed E-state index contributed by atoms with van der Waals surface area (Å²) in [6.07, 6.45) is -4.73. The Kier molecular flexibility index (Phi) is 4.45. The number of anilines is 3. The number of benzene rings is 2. The van der Waals surface area contributed by atoms with Gasteiger partial charge in [0.2, 0.25) is 12.7 Å². The summed E-state index contributed by atoms with van der Waals surface area (Å²) in [6.45, 7) is 3.90. The molecule has 3 aromatic rings. The van der Waals surface area contributed by atoms with E-state index in [4.69, 9.17) is 15.2 Å². The van der Waals surface area contributed by atoms with Gasteiger partial charge in [-0.25, -0.2) is 4.98 Å². The Morgan fingerprint density at radius 2 is 1.72 bits per heavy atom. The van der Waals surface area contributed by atoms with Gasteiger partial charge in [0.25, 0.3) is 0 Å². The Bertz CT molecular complexity index is 1100. The zero-order valence-corrected chi connectivity index (χ0v) is 15.6. The van der Waals surface area contributed by atoms with E-state index in [9.17, 15) is 13.2 Å². The number of fused-ring (bicyclic) bond motifs is 1. The van der Waals surface area contributed by atoms with Crippen LogP contribution >= 0.6 is 0 Å². The third-order valence-corrected chi connectivity index (χ3v) is 4.63. The van der Waals surface area contributed by atoms with Crippen molar-refractivity contribution in [3.05, 3.63) is 53.1 Å². The van der Waals surface area contributed by atoms with Crippen molar-refractivity contribution in [1.82, 2.24) is 9.97 Å². The van der Waals surface area contributed by atoms with E-state index in [1.165, 1.54) is 18.2 Å². The molecule has 0 fully saturated rings. The molecule has 9 heteroatoms. The molecule has 2 aromatic carbocycles. The second-order valence-electron chi connectivity index (χ2n) is 6.65. The molecule has 0 atom stereocenters. The fourth-order valence-electron chi connectivity index (χ4n) is 3.01. The monoisotopic (exact) mass is 402 g/mol. The number of rotatable bonds is 3. The van der Waals surface area contributed by atoms with Crippen LogP contribution in [-0.4, -0.2) is 16.8 Å². The summed E-state index contributed by atoms with van der Waals surface area (Å²) in [4.78, 5) is 7.95. The van der Waals surface area contributed by atoms with Crippen LogP contribution in [0.15, 0.2) is 36.4 Å². The van der Waals surface area contributed by atoms with Crippen molar-refractivity contribution in [2.24, 2.45) is 0 Å². The Labute approximate surface area is 164 Å². The summed E-state index contributed by atoms with van der Waals surface area (Å²) in [5.74, 6) is 0.104. The first kappa shape index (κ1) is 18.9. The predicted molar refractivity (Wildman–Crippen MR) is 102 cm³/mol. The molecule has 0 aliphatic carbocycles.